The Labute approximate surface area is 385 Å². The number of nitrogens with zero attached hydrogens (tertiary/aromatic N) is 4. The zero-order valence-corrected chi connectivity index (χ0v) is 38.3. The molecule has 2 aromatic heterocycles. The fourth-order valence-electron chi connectivity index (χ4n) is 10.0. The monoisotopic (exact) mass is 858 g/mol. The molecule has 0 N–H and O–H groups in total. The molecule has 330 valence electrons. The molecule has 65 heavy (non-hydrogen) atoms. The van der Waals surface area contributed by atoms with Gasteiger partial charge in [-0.25, -0.2) is 0 Å². The third kappa shape index (κ3) is 10.6. The third-order valence-corrected chi connectivity index (χ3v) is 13.6. The largest absolute Gasteiger partial charge is 0.416 e. The molecule has 9 rings (SSSR count). The molecule has 6 nitrogen and oxygen atoms in total. The van der Waals surface area contributed by atoms with Crippen molar-refractivity contribution in [2.45, 2.75) is 122 Å². The summed E-state index contributed by atoms with van der Waals surface area (Å²) in [5, 5.41) is 17.1. The molecule has 2 heterocycles. The van der Waals surface area contributed by atoms with Crippen molar-refractivity contribution in [3.8, 4) is 56.9 Å². The van der Waals surface area contributed by atoms with Crippen molar-refractivity contribution in [1.82, 2.24) is 20.4 Å². The molecular weight excluding hydrogens is 797 g/mol. The van der Waals surface area contributed by atoms with Gasteiger partial charge >= 0.3 is 0 Å². The number of hydrogen-bond acceptors (Lipinski definition) is 6. The Morgan fingerprint density at radius 2 is 0.692 bits per heavy atom. The van der Waals surface area contributed by atoms with Gasteiger partial charge in [0.25, 0.3) is 0 Å². The minimum absolute atomic E-state index is 0.110. The summed E-state index contributed by atoms with van der Waals surface area (Å²) in [6.45, 7) is 4.49. The maximum Gasteiger partial charge on any atom is 0.248 e. The van der Waals surface area contributed by atoms with Crippen molar-refractivity contribution in [3.63, 3.8) is 0 Å². The van der Waals surface area contributed by atoms with Gasteiger partial charge in [0.2, 0.25) is 23.6 Å². The van der Waals surface area contributed by atoms with Gasteiger partial charge in [0, 0.05) is 27.7 Å². The average molecular weight is 859 g/mol. The first-order valence-electron chi connectivity index (χ1n) is 24.2. The molecule has 0 fully saturated rings. The van der Waals surface area contributed by atoms with Crippen molar-refractivity contribution in [2.24, 2.45) is 0 Å². The van der Waals surface area contributed by atoms with Crippen LogP contribution in [0.1, 0.15) is 123 Å². The van der Waals surface area contributed by atoms with E-state index in [4.69, 9.17) is 8.83 Å². The van der Waals surface area contributed by atoms with Crippen LogP contribution in [0.5, 0.6) is 0 Å². The Morgan fingerprint density at radius 1 is 0.354 bits per heavy atom. The van der Waals surface area contributed by atoms with Crippen LogP contribution < -0.4 is 0 Å². The molecule has 6 aromatic carbocycles. The van der Waals surface area contributed by atoms with Crippen LogP contribution >= 0.6 is 0 Å². The summed E-state index contributed by atoms with van der Waals surface area (Å²) >= 11 is 0. The lowest BCUT2D eigenvalue weighted by atomic mass is 9.70. The lowest BCUT2D eigenvalue weighted by molar-refractivity contribution is 0.397. The van der Waals surface area contributed by atoms with Crippen LogP contribution in [0.25, 0.3) is 56.9 Å². The molecule has 6 heteroatoms. The Balaban J connectivity index is 0.719. The molecule has 1 aliphatic rings. The third-order valence-electron chi connectivity index (χ3n) is 13.6. The van der Waals surface area contributed by atoms with E-state index in [1.165, 1.54) is 123 Å². The molecule has 0 atom stereocenters. The maximum absolute atomic E-state index is 5.97. The van der Waals surface area contributed by atoms with E-state index >= 15 is 0 Å². The van der Waals surface area contributed by atoms with Gasteiger partial charge in [0.1, 0.15) is 0 Å². The van der Waals surface area contributed by atoms with Gasteiger partial charge < -0.3 is 8.83 Å². The highest BCUT2D eigenvalue weighted by Crippen LogP contribution is 2.54. The van der Waals surface area contributed by atoms with E-state index in [2.05, 4.69) is 119 Å². The number of aromatic nitrogens is 4. The Bertz CT molecular complexity index is 2540. The number of fused-ring (bicyclic) bond motifs is 3. The Morgan fingerprint density at radius 3 is 1.08 bits per heavy atom. The van der Waals surface area contributed by atoms with E-state index in [0.717, 1.165) is 35.1 Å². The first kappa shape index (κ1) is 43.8. The summed E-state index contributed by atoms with van der Waals surface area (Å²) in [6.07, 6.45) is 20.0. The van der Waals surface area contributed by atoms with Crippen LogP contribution in [0.4, 0.5) is 0 Å². The molecule has 1 aliphatic carbocycles. The van der Waals surface area contributed by atoms with Crippen molar-refractivity contribution < 1.29 is 8.83 Å². The lowest BCUT2D eigenvalue weighted by Gasteiger charge is -2.33. The number of aryl methyl sites for hydroxylation is 4. The van der Waals surface area contributed by atoms with Crippen LogP contribution in [0, 0.1) is 13.8 Å². The van der Waals surface area contributed by atoms with Crippen LogP contribution in [0.2, 0.25) is 0 Å². The maximum atomic E-state index is 5.97. The van der Waals surface area contributed by atoms with E-state index in [1.807, 2.05) is 60.7 Å². The van der Waals surface area contributed by atoms with E-state index in [9.17, 15) is 0 Å². The number of unbranched alkanes of at least 4 members (excludes halogenated alkanes) is 10. The number of hydrogen-bond donors (Lipinski definition) is 0. The van der Waals surface area contributed by atoms with Gasteiger partial charge in [0.05, 0.1) is 0 Å². The molecule has 0 saturated carbocycles. The fourth-order valence-corrected chi connectivity index (χ4v) is 10.0. The second-order valence-corrected chi connectivity index (χ2v) is 18.4. The first-order valence-corrected chi connectivity index (χ1v) is 24.2. The fraction of sp³-hybridized carbons (Fsp3) is 0.322. The summed E-state index contributed by atoms with van der Waals surface area (Å²) in [4.78, 5) is 0. The quantitative estimate of drug-likeness (QED) is 0.0632. The zero-order valence-electron chi connectivity index (χ0n) is 38.3. The molecule has 0 bridgehead atoms. The summed E-state index contributed by atoms with van der Waals surface area (Å²) in [7, 11) is 0. The molecule has 0 radical (unpaired) electrons. The molecule has 0 aliphatic heterocycles. The van der Waals surface area contributed by atoms with Crippen LogP contribution in [0.15, 0.2) is 154 Å². The summed E-state index contributed by atoms with van der Waals surface area (Å²) in [5.74, 6) is 2.24. The van der Waals surface area contributed by atoms with Gasteiger partial charge in [-0.05, 0) is 134 Å². The topological polar surface area (TPSA) is 77.8 Å². The normalized spacial score (nSPS) is 12.6. The first-order chi connectivity index (χ1) is 32.0. The summed E-state index contributed by atoms with van der Waals surface area (Å²) in [6, 6.07) is 51.7. The second kappa shape index (κ2) is 21.1. The molecule has 0 amide bonds. The van der Waals surface area contributed by atoms with Gasteiger partial charge in [0.15, 0.2) is 0 Å². The highest BCUT2D eigenvalue weighted by Gasteiger charge is 2.42. The van der Waals surface area contributed by atoms with E-state index in [1.54, 1.807) is 11.1 Å². The van der Waals surface area contributed by atoms with Gasteiger partial charge in [-0.15, -0.1) is 20.4 Å². The van der Waals surface area contributed by atoms with Gasteiger partial charge in [-0.3, -0.25) is 0 Å². The second-order valence-electron chi connectivity index (χ2n) is 18.4. The van der Waals surface area contributed by atoms with E-state index < -0.39 is 0 Å². The molecule has 0 unspecified atom stereocenters. The van der Waals surface area contributed by atoms with Crippen molar-refractivity contribution in [1.29, 1.82) is 0 Å². The molecule has 0 spiro atoms. The van der Waals surface area contributed by atoms with Crippen LogP contribution in [-0.2, 0) is 18.3 Å². The predicted octanol–water partition coefficient (Wildman–Crippen LogP) is 16.0. The molecular formula is C59H62N4O2. The van der Waals surface area contributed by atoms with Gasteiger partial charge in [-0.2, -0.15) is 0 Å². The Kier molecular flexibility index (Phi) is 14.2. The standard InChI is InChI=1S/C59H62N4O2/c1-43-27-37-53-51(41-43)52-42-44(2)28-38-54(52)59(53,39-19-9-5-3-7-13-21-45-29-33-49(34-30-45)57-62-60-55(64-57)47-23-15-11-16-24-47)40-20-10-6-4-8-14-22-46-31-35-50(36-32-46)58-63-61-56(65-58)48-25-17-12-18-26-48/h11-12,15-18,23-38,41-42H,3-10,13-14,19-22,39-40H2,1-2H3. The smallest absolute Gasteiger partial charge is 0.248 e. The minimum atomic E-state index is 0.110. The predicted molar refractivity (Wildman–Crippen MR) is 265 cm³/mol. The van der Waals surface area contributed by atoms with E-state index in [0.29, 0.717) is 23.6 Å². The average Bonchev–Trinajstić information content (AvgIpc) is 4.10. The number of rotatable bonds is 22. The van der Waals surface area contributed by atoms with Gasteiger partial charge in [-0.1, -0.05) is 172 Å². The lowest BCUT2D eigenvalue weighted by Crippen LogP contribution is -2.25. The molecule has 0 saturated heterocycles. The highest BCUT2D eigenvalue weighted by atomic mass is 16.4. The van der Waals surface area contributed by atoms with Crippen molar-refractivity contribution in [2.75, 3.05) is 0 Å². The summed E-state index contributed by atoms with van der Waals surface area (Å²) < 4.78 is 11.9. The molecule has 8 aromatic rings. The number of benzene rings is 6. The Hall–Kier alpha value is -6.40. The van der Waals surface area contributed by atoms with Crippen LogP contribution in [0.3, 0.4) is 0 Å². The minimum Gasteiger partial charge on any atom is -0.416 e. The van der Waals surface area contributed by atoms with Crippen molar-refractivity contribution >= 4 is 0 Å². The van der Waals surface area contributed by atoms with Crippen LogP contribution in [-0.4, -0.2) is 20.4 Å². The SMILES string of the molecule is Cc1ccc2c(c1)-c1cc(C)ccc1C2(CCCCCCCCc1ccc(-c2nnc(-c3ccccc3)o2)cc1)CCCCCCCCc1ccc(-c2nnc(-c3ccccc3)o2)cc1. The van der Waals surface area contributed by atoms with E-state index in [-0.39, 0.29) is 5.41 Å². The summed E-state index contributed by atoms with van der Waals surface area (Å²) in [5.41, 5.74) is 15.5. The zero-order chi connectivity index (χ0) is 44.3. The van der Waals surface area contributed by atoms with Crippen molar-refractivity contribution in [3.05, 3.63) is 179 Å². The highest BCUT2D eigenvalue weighted by molar-refractivity contribution is 5.82.